The zero-order valence-electron chi connectivity index (χ0n) is 15.9. The number of hydrogen-bond donors (Lipinski definition) is 2. The predicted molar refractivity (Wildman–Crippen MR) is 108 cm³/mol. The van der Waals surface area contributed by atoms with Gasteiger partial charge in [-0.25, -0.2) is 9.59 Å². The van der Waals surface area contributed by atoms with Crippen LogP contribution in [0.25, 0.3) is 10.9 Å². The molecule has 2 aliphatic rings. The van der Waals surface area contributed by atoms with Crippen molar-refractivity contribution in [1.29, 1.82) is 0 Å². The van der Waals surface area contributed by atoms with Gasteiger partial charge in [-0.2, -0.15) is 0 Å². The molecule has 0 aliphatic carbocycles. The zero-order valence-corrected chi connectivity index (χ0v) is 15.9. The van der Waals surface area contributed by atoms with E-state index in [1.54, 1.807) is 0 Å². The predicted octanol–water partition coefficient (Wildman–Crippen LogP) is 2.62. The lowest BCUT2D eigenvalue weighted by atomic mass is 9.92. The molecule has 2 atom stereocenters. The fourth-order valence-electron chi connectivity index (χ4n) is 3.90. The average molecular weight is 383 g/mol. The van der Waals surface area contributed by atoms with Gasteiger partial charge in [0.2, 0.25) is 0 Å². The lowest BCUT2D eigenvalue weighted by Gasteiger charge is -2.49. The first-order chi connectivity index (χ1) is 13.4. The molecule has 4 rings (SSSR count). The van der Waals surface area contributed by atoms with E-state index in [0.717, 1.165) is 18.6 Å². The van der Waals surface area contributed by atoms with Crippen LogP contribution in [0.2, 0.25) is 0 Å². The maximum Gasteiger partial charge on any atom is 0.328 e. The van der Waals surface area contributed by atoms with Crippen LogP contribution in [0.1, 0.15) is 19.3 Å². The van der Waals surface area contributed by atoms with Gasteiger partial charge in [-0.15, -0.1) is 0 Å². The summed E-state index contributed by atoms with van der Waals surface area (Å²) in [7, 11) is 2.30. The zero-order chi connectivity index (χ0) is 20.1. The van der Waals surface area contributed by atoms with Gasteiger partial charge in [0.05, 0.1) is 17.4 Å². The van der Waals surface area contributed by atoms with E-state index >= 15 is 0 Å². The van der Waals surface area contributed by atoms with Crippen LogP contribution < -0.4 is 4.90 Å². The molecule has 1 aromatic carbocycles. The number of hydrogen-bond acceptors (Lipinski definition) is 5. The summed E-state index contributed by atoms with van der Waals surface area (Å²) in [6, 6.07) is 12.1. The summed E-state index contributed by atoms with van der Waals surface area (Å²) in [6.45, 7) is 2.29. The van der Waals surface area contributed by atoms with Crippen LogP contribution in [0.15, 0.2) is 48.7 Å². The molecule has 0 spiro atoms. The molecule has 1 aromatic heterocycles. The summed E-state index contributed by atoms with van der Waals surface area (Å²) < 4.78 is 0. The van der Waals surface area contributed by atoms with Gasteiger partial charge < -0.3 is 15.1 Å². The standard InChI is InChI=1S/C17H21N3.C4H4O4/c1-19-14-6-4-7-15(19)12-20(11-14)16-9-13-5-2-3-8-17(13)18-10-16;5-3(6)1-2-4(7)8/h2-3,5,8-10,14-15H,4,6-7,11-12H2,1H3;1-2H,(H,5,6)(H,7,8)/b;2-1+. The summed E-state index contributed by atoms with van der Waals surface area (Å²) in [5.74, 6) is -2.51. The van der Waals surface area contributed by atoms with Gasteiger partial charge in [-0.1, -0.05) is 24.6 Å². The highest BCUT2D eigenvalue weighted by Gasteiger charge is 2.34. The highest BCUT2D eigenvalue weighted by molar-refractivity contribution is 5.89. The largest absolute Gasteiger partial charge is 0.478 e. The number of piperidine rings is 1. The van der Waals surface area contributed by atoms with Crippen LogP contribution in [0.5, 0.6) is 0 Å². The van der Waals surface area contributed by atoms with Crippen molar-refractivity contribution in [1.82, 2.24) is 9.88 Å². The Hall–Kier alpha value is -2.93. The first kappa shape index (κ1) is 19.8. The van der Waals surface area contributed by atoms with Crippen molar-refractivity contribution in [2.45, 2.75) is 31.3 Å². The third-order valence-corrected chi connectivity index (χ3v) is 5.40. The molecule has 7 nitrogen and oxygen atoms in total. The van der Waals surface area contributed by atoms with Gasteiger partial charge in [-0.3, -0.25) is 9.88 Å². The number of anilines is 1. The molecule has 2 fully saturated rings. The first-order valence-electron chi connectivity index (χ1n) is 9.39. The van der Waals surface area contributed by atoms with Crippen LogP contribution in [-0.2, 0) is 9.59 Å². The minimum absolute atomic E-state index is 0.558. The number of pyridine rings is 1. The molecule has 2 aliphatic heterocycles. The molecule has 2 bridgehead atoms. The van der Waals surface area contributed by atoms with E-state index in [1.165, 1.54) is 30.3 Å². The minimum Gasteiger partial charge on any atom is -0.478 e. The molecule has 2 saturated heterocycles. The second kappa shape index (κ2) is 8.84. The van der Waals surface area contributed by atoms with Gasteiger partial charge >= 0.3 is 11.9 Å². The number of benzene rings is 1. The van der Waals surface area contributed by atoms with E-state index in [-0.39, 0.29) is 0 Å². The minimum atomic E-state index is -1.26. The Morgan fingerprint density at radius 2 is 1.68 bits per heavy atom. The van der Waals surface area contributed by atoms with Crippen molar-refractivity contribution in [3.63, 3.8) is 0 Å². The molecule has 3 heterocycles. The highest BCUT2D eigenvalue weighted by atomic mass is 16.4. The number of nitrogens with zero attached hydrogens (tertiary/aromatic N) is 3. The Kier molecular flexibility index (Phi) is 6.26. The van der Waals surface area contributed by atoms with Crippen molar-refractivity contribution >= 4 is 28.5 Å². The van der Waals surface area contributed by atoms with Crippen molar-refractivity contribution in [2.24, 2.45) is 0 Å². The Balaban J connectivity index is 0.000000242. The van der Waals surface area contributed by atoms with E-state index in [1.807, 2.05) is 6.20 Å². The number of rotatable bonds is 3. The van der Waals surface area contributed by atoms with E-state index in [2.05, 4.69) is 52.2 Å². The number of likely N-dealkylation sites (N-methyl/N-ethyl adjacent to an activating group) is 1. The normalized spacial score (nSPS) is 22.0. The molecule has 28 heavy (non-hydrogen) atoms. The smallest absolute Gasteiger partial charge is 0.328 e. The quantitative estimate of drug-likeness (QED) is 0.787. The monoisotopic (exact) mass is 383 g/mol. The van der Waals surface area contributed by atoms with Gasteiger partial charge in [0.15, 0.2) is 0 Å². The number of carbonyl (C=O) groups is 2. The number of para-hydroxylation sites is 1. The molecular formula is C21H25N3O4. The molecule has 2 unspecified atom stereocenters. The maximum absolute atomic E-state index is 9.55. The van der Waals surface area contributed by atoms with Crippen LogP contribution >= 0.6 is 0 Å². The van der Waals surface area contributed by atoms with Crippen LogP contribution in [0.3, 0.4) is 0 Å². The number of carboxylic acids is 2. The number of carboxylic acid groups (broad SMARTS) is 2. The first-order valence-corrected chi connectivity index (χ1v) is 9.39. The summed E-state index contributed by atoms with van der Waals surface area (Å²) in [6.07, 6.45) is 7.23. The molecule has 0 radical (unpaired) electrons. The molecule has 0 amide bonds. The van der Waals surface area contributed by atoms with Crippen molar-refractivity contribution in [2.75, 3.05) is 25.0 Å². The van der Waals surface area contributed by atoms with E-state index in [4.69, 9.17) is 10.2 Å². The van der Waals surface area contributed by atoms with Crippen LogP contribution in [-0.4, -0.2) is 64.3 Å². The summed E-state index contributed by atoms with van der Waals surface area (Å²) in [4.78, 5) is 28.8. The number of piperazine rings is 1. The topological polar surface area (TPSA) is 94.0 Å². The highest BCUT2D eigenvalue weighted by Crippen LogP contribution is 2.30. The average Bonchev–Trinajstić information content (AvgIpc) is 2.66. The third-order valence-electron chi connectivity index (χ3n) is 5.40. The van der Waals surface area contributed by atoms with E-state index < -0.39 is 11.9 Å². The second-order valence-corrected chi connectivity index (χ2v) is 7.21. The Morgan fingerprint density at radius 1 is 1.07 bits per heavy atom. The number of aliphatic carboxylic acids is 2. The second-order valence-electron chi connectivity index (χ2n) is 7.21. The Labute approximate surface area is 163 Å². The molecule has 0 saturated carbocycles. The van der Waals surface area contributed by atoms with Gasteiger partial charge in [0.25, 0.3) is 0 Å². The summed E-state index contributed by atoms with van der Waals surface area (Å²) in [5.41, 5.74) is 2.37. The Bertz CT molecular complexity index is 853. The molecule has 148 valence electrons. The van der Waals surface area contributed by atoms with Crippen molar-refractivity contribution in [3.05, 3.63) is 48.7 Å². The third kappa shape index (κ3) is 4.86. The van der Waals surface area contributed by atoms with Crippen molar-refractivity contribution in [3.8, 4) is 0 Å². The maximum atomic E-state index is 9.55. The lowest BCUT2D eigenvalue weighted by molar-refractivity contribution is -0.134. The SMILES string of the molecule is CN1C2CCCC1CN(c1cnc3ccccc3c1)C2.O=C(O)/C=C/C(=O)O. The molecule has 7 heteroatoms. The molecule has 2 N–H and O–H groups in total. The van der Waals surface area contributed by atoms with E-state index in [9.17, 15) is 9.59 Å². The molecule has 2 aromatic rings. The fraction of sp³-hybridized carbons (Fsp3) is 0.381. The molecular weight excluding hydrogens is 358 g/mol. The van der Waals surface area contributed by atoms with Gasteiger partial charge in [0.1, 0.15) is 0 Å². The van der Waals surface area contributed by atoms with Gasteiger partial charge in [0, 0.05) is 42.7 Å². The van der Waals surface area contributed by atoms with E-state index in [0.29, 0.717) is 24.2 Å². The lowest BCUT2D eigenvalue weighted by Crippen LogP contribution is -2.59. The van der Waals surface area contributed by atoms with Crippen molar-refractivity contribution < 1.29 is 19.8 Å². The number of fused-ring (bicyclic) bond motifs is 3. The summed E-state index contributed by atoms with van der Waals surface area (Å²) >= 11 is 0. The Morgan fingerprint density at radius 3 is 2.29 bits per heavy atom. The van der Waals surface area contributed by atoms with Crippen LogP contribution in [0.4, 0.5) is 5.69 Å². The van der Waals surface area contributed by atoms with Gasteiger partial charge in [-0.05, 0) is 32.0 Å². The number of aromatic nitrogens is 1. The fourth-order valence-corrected chi connectivity index (χ4v) is 3.90. The summed E-state index contributed by atoms with van der Waals surface area (Å²) in [5, 5.41) is 16.9. The van der Waals surface area contributed by atoms with Crippen LogP contribution in [0, 0.1) is 0 Å².